The van der Waals surface area contributed by atoms with Gasteiger partial charge in [0.15, 0.2) is 17.5 Å². The summed E-state index contributed by atoms with van der Waals surface area (Å²) in [4.78, 5) is 14.9. The smallest absolute Gasteiger partial charge is 0.164 e. The van der Waals surface area contributed by atoms with Crippen molar-refractivity contribution in [1.82, 2.24) is 19.5 Å². The molecule has 5 nitrogen and oxygen atoms in total. The van der Waals surface area contributed by atoms with Gasteiger partial charge in [0.25, 0.3) is 0 Å². The quantitative estimate of drug-likeness (QED) is 0.180. The number of benzene rings is 8. The monoisotopic (exact) mass is 690 g/mol. The number of nitrogens with zero attached hydrogens (tertiary/aromatic N) is 4. The summed E-state index contributed by atoms with van der Waals surface area (Å²) in [5.41, 5.74) is 10.0. The molecular weight excluding hydrogens is 661 g/mol. The van der Waals surface area contributed by atoms with Gasteiger partial charge in [0.1, 0.15) is 11.2 Å². The number of para-hydroxylation sites is 1. The van der Waals surface area contributed by atoms with E-state index in [0.29, 0.717) is 17.5 Å². The molecule has 5 heteroatoms. The highest BCUT2D eigenvalue weighted by Gasteiger charge is 2.19. The van der Waals surface area contributed by atoms with Gasteiger partial charge in [-0.15, -0.1) is 0 Å². The van der Waals surface area contributed by atoms with Crippen LogP contribution in [0.15, 0.2) is 186 Å². The maximum absolute atomic E-state index is 6.65. The molecule has 0 N–H and O–H groups in total. The van der Waals surface area contributed by atoms with Gasteiger partial charge in [-0.25, -0.2) is 15.0 Å². The second kappa shape index (κ2) is 12.1. The SMILES string of the molecule is c1ccc(-c2nc(-c3ccccc3)nc(-c3cccc(-c4cccc5oc6cc(-n7c8ccccc8c8c9ccccc9ccc87)ccc6c45)c3)n2)cc1. The molecule has 0 fully saturated rings. The summed E-state index contributed by atoms with van der Waals surface area (Å²) >= 11 is 0. The number of aromatic nitrogens is 4. The molecule has 11 aromatic rings. The summed E-state index contributed by atoms with van der Waals surface area (Å²) in [6, 6.07) is 63.2. The molecule has 54 heavy (non-hydrogen) atoms. The Morgan fingerprint density at radius 2 is 1.00 bits per heavy atom. The first kappa shape index (κ1) is 30.3. The third kappa shape index (κ3) is 4.83. The van der Waals surface area contributed by atoms with E-state index in [4.69, 9.17) is 19.4 Å². The summed E-state index contributed by atoms with van der Waals surface area (Å²) < 4.78 is 9.00. The van der Waals surface area contributed by atoms with Crippen molar-refractivity contribution in [3.05, 3.63) is 182 Å². The predicted molar refractivity (Wildman–Crippen MR) is 221 cm³/mol. The normalized spacial score (nSPS) is 11.7. The molecule has 0 spiro atoms. The minimum absolute atomic E-state index is 0.623. The fourth-order valence-electron chi connectivity index (χ4n) is 7.98. The van der Waals surface area contributed by atoms with E-state index in [1.165, 1.54) is 32.6 Å². The molecule has 0 saturated heterocycles. The van der Waals surface area contributed by atoms with Gasteiger partial charge in [-0.3, -0.25) is 0 Å². The van der Waals surface area contributed by atoms with E-state index >= 15 is 0 Å². The van der Waals surface area contributed by atoms with Gasteiger partial charge in [0.05, 0.1) is 11.0 Å². The molecule has 3 aromatic heterocycles. The van der Waals surface area contributed by atoms with Crippen LogP contribution in [0.5, 0.6) is 0 Å². The first-order chi connectivity index (χ1) is 26.8. The molecule has 0 unspecified atom stereocenters. The highest BCUT2D eigenvalue weighted by atomic mass is 16.3. The standard InChI is InChI=1S/C49H30N4O/c1-3-14-32(15-4-1)47-50-48(33-16-5-2-6-17-33)52-49(51-47)35-19-11-18-34(29-35)38-22-12-24-43-46(38)40-27-26-36(30-44(40)54-43)53-41-23-10-9-21-39(41)45-37-20-8-7-13-31(37)25-28-42(45)53/h1-30H. The van der Waals surface area contributed by atoms with Crippen LogP contribution in [0.3, 0.4) is 0 Å². The molecule has 8 aromatic carbocycles. The summed E-state index contributed by atoms with van der Waals surface area (Å²) in [5.74, 6) is 1.90. The summed E-state index contributed by atoms with van der Waals surface area (Å²) in [6.45, 7) is 0. The average molecular weight is 691 g/mol. The van der Waals surface area contributed by atoms with E-state index in [0.717, 1.165) is 55.4 Å². The topological polar surface area (TPSA) is 56.7 Å². The maximum Gasteiger partial charge on any atom is 0.164 e. The zero-order chi connectivity index (χ0) is 35.6. The zero-order valence-electron chi connectivity index (χ0n) is 29.0. The third-order valence-corrected chi connectivity index (χ3v) is 10.4. The second-order valence-electron chi connectivity index (χ2n) is 13.6. The molecule has 0 aliphatic carbocycles. The van der Waals surface area contributed by atoms with Crippen molar-refractivity contribution in [2.24, 2.45) is 0 Å². The minimum atomic E-state index is 0.623. The van der Waals surface area contributed by atoms with Crippen LogP contribution in [-0.2, 0) is 0 Å². The first-order valence-electron chi connectivity index (χ1n) is 18.1. The van der Waals surface area contributed by atoms with Gasteiger partial charge in [0.2, 0.25) is 0 Å². The van der Waals surface area contributed by atoms with Crippen LogP contribution in [-0.4, -0.2) is 19.5 Å². The lowest BCUT2D eigenvalue weighted by Gasteiger charge is -2.10. The van der Waals surface area contributed by atoms with Crippen LogP contribution < -0.4 is 0 Å². The molecule has 0 aliphatic heterocycles. The van der Waals surface area contributed by atoms with Gasteiger partial charge in [-0.1, -0.05) is 140 Å². The Bertz CT molecular complexity index is 3160. The Labute approximate surface area is 310 Å². The largest absolute Gasteiger partial charge is 0.456 e. The van der Waals surface area contributed by atoms with Crippen molar-refractivity contribution in [3.63, 3.8) is 0 Å². The van der Waals surface area contributed by atoms with Crippen LogP contribution in [0, 0.1) is 0 Å². The fourth-order valence-corrected chi connectivity index (χ4v) is 7.98. The summed E-state index contributed by atoms with van der Waals surface area (Å²) in [6.07, 6.45) is 0. The molecule has 11 rings (SSSR count). The average Bonchev–Trinajstić information content (AvgIpc) is 3.80. The number of fused-ring (bicyclic) bond motifs is 8. The molecule has 0 bridgehead atoms. The van der Waals surface area contributed by atoms with Gasteiger partial charge < -0.3 is 8.98 Å². The molecule has 3 heterocycles. The summed E-state index contributed by atoms with van der Waals surface area (Å²) in [5, 5.41) is 7.14. The van der Waals surface area contributed by atoms with Gasteiger partial charge in [-0.05, 0) is 58.3 Å². The van der Waals surface area contributed by atoms with Crippen LogP contribution in [0.1, 0.15) is 0 Å². The van der Waals surface area contributed by atoms with E-state index in [-0.39, 0.29) is 0 Å². The molecular formula is C49H30N4O. The molecule has 0 saturated carbocycles. The van der Waals surface area contributed by atoms with Gasteiger partial charge in [0, 0.05) is 50.0 Å². The number of rotatable bonds is 5. The van der Waals surface area contributed by atoms with Crippen LogP contribution in [0.4, 0.5) is 0 Å². The first-order valence-corrected chi connectivity index (χ1v) is 18.1. The van der Waals surface area contributed by atoms with E-state index in [1.807, 2.05) is 60.7 Å². The van der Waals surface area contributed by atoms with Crippen LogP contribution in [0.2, 0.25) is 0 Å². The molecule has 0 amide bonds. The van der Waals surface area contributed by atoms with Gasteiger partial charge in [-0.2, -0.15) is 0 Å². The Kier molecular flexibility index (Phi) is 6.79. The van der Waals surface area contributed by atoms with Crippen molar-refractivity contribution in [3.8, 4) is 51.0 Å². The third-order valence-electron chi connectivity index (χ3n) is 10.4. The minimum Gasteiger partial charge on any atom is -0.456 e. The molecule has 0 aliphatic rings. The van der Waals surface area contributed by atoms with E-state index in [2.05, 4.69) is 126 Å². The molecule has 252 valence electrons. The lowest BCUT2D eigenvalue weighted by Crippen LogP contribution is -2.00. The van der Waals surface area contributed by atoms with Crippen LogP contribution >= 0.6 is 0 Å². The zero-order valence-corrected chi connectivity index (χ0v) is 29.0. The highest BCUT2D eigenvalue weighted by Crippen LogP contribution is 2.41. The lowest BCUT2D eigenvalue weighted by atomic mass is 9.97. The molecule has 0 atom stereocenters. The van der Waals surface area contributed by atoms with Crippen molar-refractivity contribution in [2.45, 2.75) is 0 Å². The molecule has 0 radical (unpaired) electrons. The van der Waals surface area contributed by atoms with Crippen molar-refractivity contribution >= 4 is 54.5 Å². The Morgan fingerprint density at radius 1 is 0.370 bits per heavy atom. The predicted octanol–water partition coefficient (Wildman–Crippen LogP) is 12.7. The lowest BCUT2D eigenvalue weighted by molar-refractivity contribution is 0.668. The highest BCUT2D eigenvalue weighted by molar-refractivity contribution is 6.21. The van der Waals surface area contributed by atoms with Gasteiger partial charge >= 0.3 is 0 Å². The van der Waals surface area contributed by atoms with E-state index in [9.17, 15) is 0 Å². The van der Waals surface area contributed by atoms with E-state index < -0.39 is 0 Å². The Hall–Kier alpha value is -7.37. The Morgan fingerprint density at radius 3 is 1.78 bits per heavy atom. The number of furan rings is 1. The fraction of sp³-hybridized carbons (Fsp3) is 0. The van der Waals surface area contributed by atoms with E-state index in [1.54, 1.807) is 0 Å². The van der Waals surface area contributed by atoms with Crippen molar-refractivity contribution in [2.75, 3.05) is 0 Å². The number of hydrogen-bond acceptors (Lipinski definition) is 4. The maximum atomic E-state index is 6.65. The van der Waals surface area contributed by atoms with Crippen molar-refractivity contribution in [1.29, 1.82) is 0 Å². The Balaban J connectivity index is 1.06. The number of hydrogen-bond donors (Lipinski definition) is 0. The second-order valence-corrected chi connectivity index (χ2v) is 13.6. The van der Waals surface area contributed by atoms with Crippen molar-refractivity contribution < 1.29 is 4.42 Å². The van der Waals surface area contributed by atoms with Crippen LogP contribution in [0.25, 0.3) is 105 Å². The summed E-state index contributed by atoms with van der Waals surface area (Å²) in [7, 11) is 0.